The van der Waals surface area contributed by atoms with E-state index in [4.69, 9.17) is 15.2 Å². The van der Waals surface area contributed by atoms with Gasteiger partial charge in [-0.25, -0.2) is 0 Å². The first-order valence-electron chi connectivity index (χ1n) is 6.90. The fourth-order valence-electron chi connectivity index (χ4n) is 1.84. The minimum Gasteiger partial charge on any atom is -0.490 e. The van der Waals surface area contributed by atoms with E-state index in [9.17, 15) is 0 Å². The molecule has 2 aromatic carbocycles. The van der Waals surface area contributed by atoms with Crippen LogP contribution in [0.4, 0.5) is 0 Å². The Labute approximate surface area is 125 Å². The molecule has 0 bridgehead atoms. The summed E-state index contributed by atoms with van der Waals surface area (Å²) in [6, 6.07) is 15.6. The van der Waals surface area contributed by atoms with Crippen LogP contribution in [-0.2, 0) is 0 Å². The highest BCUT2D eigenvalue weighted by molar-refractivity contribution is 5.48. The molecule has 2 aromatic rings. The summed E-state index contributed by atoms with van der Waals surface area (Å²) in [5, 5.41) is 0. The van der Waals surface area contributed by atoms with Crippen LogP contribution < -0.4 is 15.2 Å². The number of hydrogen-bond acceptors (Lipinski definition) is 3. The van der Waals surface area contributed by atoms with Gasteiger partial charge in [0, 0.05) is 0 Å². The maximum absolute atomic E-state index is 5.74. The van der Waals surface area contributed by atoms with Crippen molar-refractivity contribution < 1.29 is 9.47 Å². The molecule has 2 rings (SSSR count). The first-order valence-corrected chi connectivity index (χ1v) is 6.90. The molecule has 2 N–H and O–H groups in total. The fourth-order valence-corrected chi connectivity index (χ4v) is 1.84. The van der Waals surface area contributed by atoms with Crippen molar-refractivity contribution in [3.05, 3.63) is 59.7 Å². The second-order valence-electron chi connectivity index (χ2n) is 4.52. The molecule has 108 valence electrons. The van der Waals surface area contributed by atoms with Crippen LogP contribution >= 0.6 is 0 Å². The molecular formula is C18H19NO2. The molecule has 0 atom stereocenters. The minimum absolute atomic E-state index is 0.338. The van der Waals surface area contributed by atoms with Gasteiger partial charge in [-0.15, -0.1) is 0 Å². The summed E-state index contributed by atoms with van der Waals surface area (Å²) in [5.74, 6) is 7.49. The molecule has 0 spiro atoms. The van der Waals surface area contributed by atoms with Gasteiger partial charge in [0.25, 0.3) is 0 Å². The minimum atomic E-state index is 0.338. The molecule has 0 unspecified atom stereocenters. The van der Waals surface area contributed by atoms with Crippen LogP contribution in [0.5, 0.6) is 11.5 Å². The molecule has 0 saturated heterocycles. The molecular weight excluding hydrogens is 262 g/mol. The molecule has 0 saturated carbocycles. The largest absolute Gasteiger partial charge is 0.490 e. The molecule has 3 nitrogen and oxygen atoms in total. The second kappa shape index (κ2) is 7.98. The van der Waals surface area contributed by atoms with E-state index in [2.05, 4.69) is 11.8 Å². The fraction of sp³-hybridized carbons (Fsp3) is 0.222. The molecule has 0 aliphatic heterocycles. The molecule has 0 fully saturated rings. The van der Waals surface area contributed by atoms with E-state index in [1.54, 1.807) is 0 Å². The Bertz CT molecular complexity index is 627. The van der Waals surface area contributed by atoms with Crippen LogP contribution in [-0.4, -0.2) is 19.8 Å². The lowest BCUT2D eigenvalue weighted by Gasteiger charge is -2.10. The van der Waals surface area contributed by atoms with Crippen molar-refractivity contribution in [3.8, 4) is 23.3 Å². The lowest BCUT2D eigenvalue weighted by atomic mass is 10.1. The lowest BCUT2D eigenvalue weighted by Crippen LogP contribution is -2.09. The highest BCUT2D eigenvalue weighted by Crippen LogP contribution is 2.19. The number of rotatable bonds is 5. The Morgan fingerprint density at radius 2 is 1.76 bits per heavy atom. The Hall–Kier alpha value is -2.44. The molecule has 0 aliphatic carbocycles. The summed E-state index contributed by atoms with van der Waals surface area (Å²) in [6.07, 6.45) is 0. The zero-order chi connectivity index (χ0) is 14.9. The van der Waals surface area contributed by atoms with Crippen LogP contribution in [0.25, 0.3) is 0 Å². The van der Waals surface area contributed by atoms with Crippen LogP contribution in [0.3, 0.4) is 0 Å². The smallest absolute Gasteiger partial charge is 0.135 e. The molecule has 0 aromatic heterocycles. The number of ether oxygens (including phenoxy) is 2. The van der Waals surface area contributed by atoms with Gasteiger partial charge >= 0.3 is 0 Å². The predicted molar refractivity (Wildman–Crippen MR) is 84.5 cm³/mol. The van der Waals surface area contributed by atoms with E-state index >= 15 is 0 Å². The van der Waals surface area contributed by atoms with Crippen molar-refractivity contribution in [1.29, 1.82) is 0 Å². The van der Waals surface area contributed by atoms with Crippen LogP contribution in [0, 0.1) is 18.8 Å². The van der Waals surface area contributed by atoms with Gasteiger partial charge in [-0.1, -0.05) is 36.1 Å². The number of hydrogen-bond donors (Lipinski definition) is 1. The summed E-state index contributed by atoms with van der Waals surface area (Å²) in [5.41, 5.74) is 7.42. The summed E-state index contributed by atoms with van der Waals surface area (Å²) in [4.78, 5) is 0. The quantitative estimate of drug-likeness (QED) is 0.677. The van der Waals surface area contributed by atoms with Gasteiger partial charge in [0.15, 0.2) is 0 Å². The number of nitrogens with two attached hydrogens (primary N) is 1. The van der Waals surface area contributed by atoms with E-state index in [0.717, 1.165) is 22.6 Å². The van der Waals surface area contributed by atoms with Gasteiger partial charge in [-0.3, -0.25) is 0 Å². The molecule has 0 heterocycles. The van der Waals surface area contributed by atoms with E-state index in [1.807, 2.05) is 55.5 Å². The average Bonchev–Trinajstić information content (AvgIpc) is 2.52. The van der Waals surface area contributed by atoms with E-state index in [-0.39, 0.29) is 0 Å². The summed E-state index contributed by atoms with van der Waals surface area (Å²) < 4.78 is 11.3. The highest BCUT2D eigenvalue weighted by atomic mass is 16.5. The number of aryl methyl sites for hydroxylation is 1. The van der Waals surface area contributed by atoms with Crippen molar-refractivity contribution in [2.24, 2.45) is 5.73 Å². The number of para-hydroxylation sites is 1. The average molecular weight is 281 g/mol. The third-order valence-corrected chi connectivity index (χ3v) is 2.81. The highest BCUT2D eigenvalue weighted by Gasteiger charge is 2.02. The number of benzene rings is 2. The van der Waals surface area contributed by atoms with Gasteiger partial charge in [-0.05, 0) is 36.8 Å². The maximum Gasteiger partial charge on any atom is 0.135 e. The Morgan fingerprint density at radius 3 is 2.52 bits per heavy atom. The SMILES string of the molecule is Cc1ccc(OCCOc2ccccc2)c(C#CCN)c1. The van der Waals surface area contributed by atoms with E-state index in [0.29, 0.717) is 19.8 Å². The third kappa shape index (κ3) is 4.87. The van der Waals surface area contributed by atoms with E-state index < -0.39 is 0 Å². The van der Waals surface area contributed by atoms with Gasteiger partial charge in [-0.2, -0.15) is 0 Å². The van der Waals surface area contributed by atoms with Gasteiger partial charge < -0.3 is 15.2 Å². The molecule has 3 heteroatoms. The lowest BCUT2D eigenvalue weighted by molar-refractivity contribution is 0.217. The van der Waals surface area contributed by atoms with Crippen molar-refractivity contribution >= 4 is 0 Å². The van der Waals surface area contributed by atoms with Crippen molar-refractivity contribution in [2.75, 3.05) is 19.8 Å². The Morgan fingerprint density at radius 1 is 1.00 bits per heavy atom. The molecule has 0 radical (unpaired) electrons. The molecule has 0 amide bonds. The van der Waals surface area contributed by atoms with Crippen molar-refractivity contribution in [2.45, 2.75) is 6.92 Å². The maximum atomic E-state index is 5.74. The van der Waals surface area contributed by atoms with Crippen LogP contribution in [0.2, 0.25) is 0 Å². The second-order valence-corrected chi connectivity index (χ2v) is 4.52. The molecule has 21 heavy (non-hydrogen) atoms. The van der Waals surface area contributed by atoms with Gasteiger partial charge in [0.2, 0.25) is 0 Å². The van der Waals surface area contributed by atoms with Gasteiger partial charge in [0.1, 0.15) is 24.7 Å². The van der Waals surface area contributed by atoms with Crippen LogP contribution in [0.1, 0.15) is 11.1 Å². The van der Waals surface area contributed by atoms with Gasteiger partial charge in [0.05, 0.1) is 12.1 Å². The van der Waals surface area contributed by atoms with Crippen molar-refractivity contribution in [3.63, 3.8) is 0 Å². The van der Waals surface area contributed by atoms with E-state index in [1.165, 1.54) is 0 Å². The molecule has 0 aliphatic rings. The zero-order valence-electron chi connectivity index (χ0n) is 12.1. The topological polar surface area (TPSA) is 44.5 Å². The summed E-state index contributed by atoms with van der Waals surface area (Å²) in [7, 11) is 0. The standard InChI is InChI=1S/C18H19NO2/c1-15-9-10-18(16(14-15)6-5-11-19)21-13-12-20-17-7-3-2-4-8-17/h2-4,7-10,14H,11-13,19H2,1H3. The van der Waals surface area contributed by atoms with Crippen LogP contribution in [0.15, 0.2) is 48.5 Å². The Balaban J connectivity index is 1.91. The summed E-state index contributed by atoms with van der Waals surface area (Å²) >= 11 is 0. The normalized spacial score (nSPS) is 9.62. The summed E-state index contributed by atoms with van der Waals surface area (Å²) in [6.45, 7) is 3.32. The predicted octanol–water partition coefficient (Wildman–Crippen LogP) is 2.76. The first-order chi connectivity index (χ1) is 10.3. The monoisotopic (exact) mass is 281 g/mol. The van der Waals surface area contributed by atoms with Crippen molar-refractivity contribution in [1.82, 2.24) is 0 Å². The Kier molecular flexibility index (Phi) is 5.69. The first kappa shape index (κ1) is 15.0. The zero-order valence-corrected chi connectivity index (χ0v) is 12.1. The third-order valence-electron chi connectivity index (χ3n) is 2.81.